The Labute approximate surface area is 131 Å². The van der Waals surface area contributed by atoms with Gasteiger partial charge in [0.2, 0.25) is 0 Å². The lowest BCUT2D eigenvalue weighted by Crippen LogP contribution is -2.23. The van der Waals surface area contributed by atoms with E-state index < -0.39 is 4.92 Å². The number of amides is 1. The Balaban J connectivity index is 1.85. The van der Waals surface area contributed by atoms with Crippen LogP contribution in [0.5, 0.6) is 0 Å². The maximum Gasteiger partial charge on any atom is 0.272 e. The topological polar surface area (TPSA) is 101 Å². The summed E-state index contributed by atoms with van der Waals surface area (Å²) >= 11 is 0. The minimum atomic E-state index is -0.499. The fraction of sp³-hybridized carbons (Fsp3) is 0.125. The molecule has 23 heavy (non-hydrogen) atoms. The van der Waals surface area contributed by atoms with Crippen LogP contribution in [0, 0.1) is 17.0 Å². The van der Waals surface area contributed by atoms with E-state index in [1.807, 2.05) is 31.2 Å². The van der Waals surface area contributed by atoms with Gasteiger partial charge in [0.25, 0.3) is 11.6 Å². The van der Waals surface area contributed by atoms with Crippen LogP contribution in [0.15, 0.2) is 42.5 Å². The first-order valence-corrected chi connectivity index (χ1v) is 7.01. The average molecular weight is 310 g/mol. The van der Waals surface area contributed by atoms with Gasteiger partial charge in [-0.15, -0.1) is 0 Å². The highest BCUT2D eigenvalue weighted by Crippen LogP contribution is 2.22. The van der Waals surface area contributed by atoms with Crippen LogP contribution in [0.25, 0.3) is 10.9 Å². The molecule has 3 aromatic rings. The molecule has 0 spiro atoms. The van der Waals surface area contributed by atoms with Gasteiger partial charge in [0.1, 0.15) is 0 Å². The molecule has 2 N–H and O–H groups in total. The van der Waals surface area contributed by atoms with Gasteiger partial charge >= 0.3 is 0 Å². The van der Waals surface area contributed by atoms with Gasteiger partial charge in [-0.2, -0.15) is 5.10 Å². The van der Waals surface area contributed by atoms with Gasteiger partial charge in [-0.25, -0.2) is 0 Å². The summed E-state index contributed by atoms with van der Waals surface area (Å²) in [5.74, 6) is -0.375. The summed E-state index contributed by atoms with van der Waals surface area (Å²) in [7, 11) is 0. The molecule has 1 amide bonds. The third-order valence-corrected chi connectivity index (χ3v) is 3.67. The van der Waals surface area contributed by atoms with E-state index in [2.05, 4.69) is 15.5 Å². The van der Waals surface area contributed by atoms with E-state index >= 15 is 0 Å². The number of rotatable bonds is 4. The third kappa shape index (κ3) is 2.89. The lowest BCUT2D eigenvalue weighted by molar-refractivity contribution is -0.384. The highest BCUT2D eigenvalue weighted by atomic mass is 16.6. The molecule has 116 valence electrons. The van der Waals surface area contributed by atoms with Crippen LogP contribution in [-0.4, -0.2) is 21.0 Å². The van der Waals surface area contributed by atoms with Crippen molar-refractivity contribution in [2.24, 2.45) is 0 Å². The van der Waals surface area contributed by atoms with Gasteiger partial charge in [0, 0.05) is 24.1 Å². The Hall–Kier alpha value is -3.22. The number of non-ortho nitro benzene ring substituents is 1. The van der Waals surface area contributed by atoms with E-state index in [1.54, 1.807) is 6.07 Å². The molecule has 0 atom stereocenters. The standard InChI is InChI=1S/C16H14N4O3/c1-10-4-2-3-5-11(10)9-17-16(21)15-13-8-12(20(22)23)6-7-14(13)18-19-15/h2-8H,9H2,1H3,(H,17,21)(H,18,19). The van der Waals surface area contributed by atoms with Crippen molar-refractivity contribution >= 4 is 22.5 Å². The van der Waals surface area contributed by atoms with E-state index in [0.29, 0.717) is 17.4 Å². The van der Waals surface area contributed by atoms with Crippen LogP contribution in [0.1, 0.15) is 21.6 Å². The molecule has 0 aliphatic rings. The molecule has 7 nitrogen and oxygen atoms in total. The molecule has 0 unspecified atom stereocenters. The van der Waals surface area contributed by atoms with Gasteiger partial charge in [0.15, 0.2) is 5.69 Å². The van der Waals surface area contributed by atoms with E-state index in [-0.39, 0.29) is 17.3 Å². The first kappa shape index (κ1) is 14.7. The van der Waals surface area contributed by atoms with Gasteiger partial charge in [0.05, 0.1) is 10.4 Å². The van der Waals surface area contributed by atoms with Crippen molar-refractivity contribution in [1.82, 2.24) is 15.5 Å². The Morgan fingerprint density at radius 2 is 2.09 bits per heavy atom. The zero-order chi connectivity index (χ0) is 16.4. The van der Waals surface area contributed by atoms with Crippen LogP contribution < -0.4 is 5.32 Å². The molecule has 0 saturated heterocycles. The van der Waals surface area contributed by atoms with Gasteiger partial charge < -0.3 is 5.32 Å². The number of nitrogens with one attached hydrogen (secondary N) is 2. The lowest BCUT2D eigenvalue weighted by atomic mass is 10.1. The molecular formula is C16H14N4O3. The minimum Gasteiger partial charge on any atom is -0.347 e. The van der Waals surface area contributed by atoms with Crippen LogP contribution >= 0.6 is 0 Å². The number of fused-ring (bicyclic) bond motifs is 1. The van der Waals surface area contributed by atoms with Gasteiger partial charge in [-0.1, -0.05) is 24.3 Å². The van der Waals surface area contributed by atoms with E-state index in [9.17, 15) is 14.9 Å². The molecule has 1 aromatic heterocycles. The molecule has 0 aliphatic carbocycles. The van der Waals surface area contributed by atoms with Crippen LogP contribution in [-0.2, 0) is 6.54 Å². The first-order chi connectivity index (χ1) is 11.1. The normalized spacial score (nSPS) is 10.7. The lowest BCUT2D eigenvalue weighted by Gasteiger charge is -2.06. The monoisotopic (exact) mass is 310 g/mol. The Kier molecular flexibility index (Phi) is 3.76. The van der Waals surface area contributed by atoms with Crippen molar-refractivity contribution in [2.75, 3.05) is 0 Å². The summed E-state index contributed by atoms with van der Waals surface area (Å²) in [6.45, 7) is 2.34. The zero-order valence-corrected chi connectivity index (χ0v) is 12.4. The Bertz CT molecular complexity index is 901. The fourth-order valence-electron chi connectivity index (χ4n) is 2.36. The molecule has 0 aliphatic heterocycles. The zero-order valence-electron chi connectivity index (χ0n) is 12.4. The number of hydrogen-bond acceptors (Lipinski definition) is 4. The second kappa shape index (κ2) is 5.88. The van der Waals surface area contributed by atoms with E-state index in [1.165, 1.54) is 12.1 Å². The molecule has 0 bridgehead atoms. The number of hydrogen-bond donors (Lipinski definition) is 2. The first-order valence-electron chi connectivity index (χ1n) is 7.01. The summed E-state index contributed by atoms with van der Waals surface area (Å²) < 4.78 is 0. The number of benzene rings is 2. The minimum absolute atomic E-state index is 0.0770. The second-order valence-electron chi connectivity index (χ2n) is 5.17. The van der Waals surface area contributed by atoms with Crippen molar-refractivity contribution in [2.45, 2.75) is 13.5 Å². The van der Waals surface area contributed by atoms with E-state index in [0.717, 1.165) is 11.1 Å². The summed E-state index contributed by atoms with van der Waals surface area (Å²) in [6, 6.07) is 12.0. The third-order valence-electron chi connectivity index (χ3n) is 3.67. The van der Waals surface area contributed by atoms with Crippen LogP contribution in [0.4, 0.5) is 5.69 Å². The van der Waals surface area contributed by atoms with Crippen molar-refractivity contribution in [3.63, 3.8) is 0 Å². The van der Waals surface area contributed by atoms with E-state index in [4.69, 9.17) is 0 Å². The number of carbonyl (C=O) groups excluding carboxylic acids is 1. The molecule has 0 saturated carbocycles. The summed E-state index contributed by atoms with van der Waals surface area (Å²) in [4.78, 5) is 22.7. The molecule has 1 heterocycles. The number of carbonyl (C=O) groups is 1. The number of nitrogens with zero attached hydrogens (tertiary/aromatic N) is 2. The van der Waals surface area contributed by atoms with Gasteiger partial charge in [-0.3, -0.25) is 20.0 Å². The quantitative estimate of drug-likeness (QED) is 0.571. The van der Waals surface area contributed by atoms with Crippen molar-refractivity contribution < 1.29 is 9.72 Å². The maximum atomic E-state index is 12.3. The van der Waals surface area contributed by atoms with Gasteiger partial charge in [-0.05, 0) is 24.1 Å². The van der Waals surface area contributed by atoms with Crippen molar-refractivity contribution in [3.8, 4) is 0 Å². The number of aromatic amines is 1. The maximum absolute atomic E-state index is 12.3. The van der Waals surface area contributed by atoms with Crippen molar-refractivity contribution in [1.29, 1.82) is 0 Å². The predicted molar refractivity (Wildman–Crippen MR) is 85.1 cm³/mol. The molecular weight excluding hydrogens is 296 g/mol. The molecule has 0 fully saturated rings. The number of aromatic nitrogens is 2. The molecule has 0 radical (unpaired) electrons. The summed E-state index contributed by atoms with van der Waals surface area (Å²) in [5.41, 5.74) is 2.74. The number of nitro groups is 1. The second-order valence-corrected chi connectivity index (χ2v) is 5.17. The average Bonchev–Trinajstić information content (AvgIpc) is 2.97. The van der Waals surface area contributed by atoms with Crippen molar-refractivity contribution in [3.05, 3.63) is 69.4 Å². The largest absolute Gasteiger partial charge is 0.347 e. The number of nitro benzene ring substituents is 1. The Morgan fingerprint density at radius 1 is 1.30 bits per heavy atom. The molecule has 2 aromatic carbocycles. The van der Waals surface area contributed by atoms with Crippen LogP contribution in [0.2, 0.25) is 0 Å². The SMILES string of the molecule is Cc1ccccc1CNC(=O)c1n[nH]c2ccc([N+](=O)[O-])cc12. The number of aryl methyl sites for hydroxylation is 1. The summed E-state index contributed by atoms with van der Waals surface area (Å²) in [5, 5.41) is 20.8. The molecule has 3 rings (SSSR count). The fourth-order valence-corrected chi connectivity index (χ4v) is 2.36. The van der Waals surface area contributed by atoms with Crippen LogP contribution in [0.3, 0.4) is 0 Å². The summed E-state index contributed by atoms with van der Waals surface area (Å²) in [6.07, 6.45) is 0. The smallest absolute Gasteiger partial charge is 0.272 e. The molecule has 7 heteroatoms. The highest BCUT2D eigenvalue weighted by molar-refractivity contribution is 6.05. The highest BCUT2D eigenvalue weighted by Gasteiger charge is 2.17. The Morgan fingerprint density at radius 3 is 2.83 bits per heavy atom. The predicted octanol–water partition coefficient (Wildman–Crippen LogP) is 2.71. The number of H-pyrrole nitrogens is 1.